The van der Waals surface area contributed by atoms with Gasteiger partial charge in [0.25, 0.3) is 0 Å². The van der Waals surface area contributed by atoms with Gasteiger partial charge < -0.3 is 10.6 Å². The van der Waals surface area contributed by atoms with Crippen molar-refractivity contribution in [3.8, 4) is 0 Å². The predicted octanol–water partition coefficient (Wildman–Crippen LogP) is 2.45. The van der Waals surface area contributed by atoms with E-state index in [0.29, 0.717) is 6.54 Å². The van der Waals surface area contributed by atoms with Gasteiger partial charge in [-0.25, -0.2) is 0 Å². The molecule has 2 fully saturated rings. The van der Waals surface area contributed by atoms with Gasteiger partial charge in [-0.15, -0.1) is 0 Å². The van der Waals surface area contributed by atoms with E-state index >= 15 is 0 Å². The number of hydrogen-bond donors (Lipinski definition) is 2. The molecule has 6 heteroatoms. The summed E-state index contributed by atoms with van der Waals surface area (Å²) in [6.07, 6.45) is -3.01. The lowest BCUT2D eigenvalue weighted by atomic mass is 9.95. The van der Waals surface area contributed by atoms with E-state index in [-0.39, 0.29) is 31.8 Å². The molecule has 0 unspecified atom stereocenters. The first-order chi connectivity index (χ1) is 10.8. The maximum Gasteiger partial charge on any atom is 0.396 e. The third kappa shape index (κ3) is 2.73. The van der Waals surface area contributed by atoms with Crippen LogP contribution in [0, 0.1) is 10.8 Å². The number of aryl methyl sites for hydroxylation is 1. The molecule has 3 rings (SSSR count). The van der Waals surface area contributed by atoms with Crippen LogP contribution in [0.25, 0.3) is 0 Å². The van der Waals surface area contributed by atoms with Crippen LogP contribution >= 0.6 is 0 Å². The molecule has 1 heterocycles. The van der Waals surface area contributed by atoms with E-state index in [9.17, 15) is 18.0 Å². The van der Waals surface area contributed by atoms with Crippen molar-refractivity contribution in [2.24, 2.45) is 10.8 Å². The number of rotatable bonds is 5. The van der Waals surface area contributed by atoms with Crippen LogP contribution in [0.2, 0.25) is 0 Å². The summed E-state index contributed by atoms with van der Waals surface area (Å²) in [5.41, 5.74) is -0.462. The van der Waals surface area contributed by atoms with Crippen LogP contribution in [0.15, 0.2) is 24.3 Å². The number of halogens is 3. The average Bonchev–Trinajstić information content (AvgIpc) is 3.02. The molecule has 1 amide bonds. The summed E-state index contributed by atoms with van der Waals surface area (Å²) in [5.74, 6) is -0.220. The second-order valence-electron chi connectivity index (χ2n) is 6.77. The predicted molar refractivity (Wildman–Crippen MR) is 80.9 cm³/mol. The lowest BCUT2D eigenvalue weighted by Gasteiger charge is -2.20. The van der Waals surface area contributed by atoms with Gasteiger partial charge in [0.2, 0.25) is 5.91 Å². The van der Waals surface area contributed by atoms with Crippen LogP contribution in [-0.2, 0) is 17.6 Å². The van der Waals surface area contributed by atoms with Crippen LogP contribution in [0.1, 0.15) is 24.5 Å². The minimum Gasteiger partial charge on any atom is -0.355 e. The van der Waals surface area contributed by atoms with E-state index < -0.39 is 17.0 Å². The molecule has 0 bridgehead atoms. The lowest BCUT2D eigenvalue weighted by molar-refractivity contribution is -0.190. The molecule has 1 aliphatic heterocycles. The Bertz CT molecular complexity index is 616. The van der Waals surface area contributed by atoms with E-state index in [1.807, 2.05) is 31.2 Å². The van der Waals surface area contributed by atoms with Crippen molar-refractivity contribution in [2.75, 3.05) is 19.6 Å². The van der Waals surface area contributed by atoms with Crippen LogP contribution in [-0.4, -0.2) is 31.7 Å². The van der Waals surface area contributed by atoms with Gasteiger partial charge in [0.15, 0.2) is 0 Å². The van der Waals surface area contributed by atoms with Crippen molar-refractivity contribution in [3.63, 3.8) is 0 Å². The number of piperidine rings is 1. The van der Waals surface area contributed by atoms with Crippen LogP contribution in [0.4, 0.5) is 13.2 Å². The molecule has 23 heavy (non-hydrogen) atoms. The van der Waals surface area contributed by atoms with Crippen molar-refractivity contribution in [1.82, 2.24) is 10.6 Å². The molecule has 3 nitrogen and oxygen atoms in total. The van der Waals surface area contributed by atoms with Crippen molar-refractivity contribution in [1.29, 1.82) is 0 Å². The molecule has 1 aromatic rings. The summed E-state index contributed by atoms with van der Waals surface area (Å²) in [4.78, 5) is 12.1. The van der Waals surface area contributed by atoms with E-state index in [4.69, 9.17) is 0 Å². The Labute approximate surface area is 133 Å². The third-order valence-corrected chi connectivity index (χ3v) is 5.35. The molecule has 2 aliphatic rings. The second-order valence-corrected chi connectivity index (χ2v) is 6.77. The number of hydrogen-bond acceptors (Lipinski definition) is 2. The number of alkyl halides is 3. The molecule has 2 N–H and O–H groups in total. The Kier molecular flexibility index (Phi) is 3.91. The van der Waals surface area contributed by atoms with Gasteiger partial charge in [-0.05, 0) is 24.0 Å². The van der Waals surface area contributed by atoms with Gasteiger partial charge in [0.05, 0.1) is 11.8 Å². The molecule has 1 saturated carbocycles. The first-order valence-corrected chi connectivity index (χ1v) is 7.94. The van der Waals surface area contributed by atoms with Crippen molar-refractivity contribution < 1.29 is 18.0 Å². The summed E-state index contributed by atoms with van der Waals surface area (Å²) in [6.45, 7) is 2.41. The number of nitrogens with one attached hydrogen (secondary N) is 2. The van der Waals surface area contributed by atoms with E-state index in [0.717, 1.165) is 17.5 Å². The third-order valence-electron chi connectivity index (χ3n) is 5.35. The summed E-state index contributed by atoms with van der Waals surface area (Å²) < 4.78 is 39.7. The molecule has 1 aliphatic carbocycles. The van der Waals surface area contributed by atoms with E-state index in [1.54, 1.807) is 0 Å². The van der Waals surface area contributed by atoms with Crippen LogP contribution in [0.5, 0.6) is 0 Å². The normalized spacial score (nSPS) is 29.2. The van der Waals surface area contributed by atoms with E-state index in [1.165, 1.54) is 0 Å². The first kappa shape index (κ1) is 16.3. The SMILES string of the molecule is CCc1cccc(CC(=O)NC[C@@]23CNC[C@]2(C(F)(F)F)C3)c1. The smallest absolute Gasteiger partial charge is 0.355 e. The van der Waals surface area contributed by atoms with Crippen LogP contribution < -0.4 is 10.6 Å². The largest absolute Gasteiger partial charge is 0.396 e. The van der Waals surface area contributed by atoms with Crippen molar-refractivity contribution >= 4 is 5.91 Å². The highest BCUT2D eigenvalue weighted by Gasteiger charge is 2.81. The molecular weight excluding hydrogens is 305 g/mol. The highest BCUT2D eigenvalue weighted by Crippen LogP contribution is 2.72. The topological polar surface area (TPSA) is 41.1 Å². The molecule has 0 aromatic heterocycles. The zero-order valence-corrected chi connectivity index (χ0v) is 13.1. The fourth-order valence-electron chi connectivity index (χ4n) is 3.80. The summed E-state index contributed by atoms with van der Waals surface area (Å²) in [5, 5.41) is 5.54. The molecule has 0 radical (unpaired) electrons. The molecule has 126 valence electrons. The molecule has 0 spiro atoms. The fraction of sp³-hybridized carbons (Fsp3) is 0.588. The lowest BCUT2D eigenvalue weighted by Crippen LogP contribution is -2.38. The Morgan fingerprint density at radius 1 is 1.30 bits per heavy atom. The van der Waals surface area contributed by atoms with Gasteiger partial charge in [-0.1, -0.05) is 31.2 Å². The number of amides is 1. The maximum absolute atomic E-state index is 13.2. The quantitative estimate of drug-likeness (QED) is 0.873. The standard InChI is InChI=1S/C17H21F3N2O/c1-2-12-4-3-5-13(6-12)7-14(23)22-10-15-8-16(15,11-21-9-15)17(18,19)20/h3-6,21H,2,7-11H2,1H3,(H,22,23)/t15-,16-/m1/s1. The maximum atomic E-state index is 13.2. The van der Waals surface area contributed by atoms with Gasteiger partial charge in [-0.3, -0.25) is 4.79 Å². The Balaban J connectivity index is 1.58. The second kappa shape index (κ2) is 5.51. The Hall–Kier alpha value is -1.56. The van der Waals surface area contributed by atoms with Gasteiger partial charge in [0, 0.05) is 25.0 Å². The van der Waals surface area contributed by atoms with Gasteiger partial charge in [0.1, 0.15) is 0 Å². The van der Waals surface area contributed by atoms with Crippen LogP contribution in [0.3, 0.4) is 0 Å². The zero-order chi connectivity index (χ0) is 16.7. The summed E-state index contributed by atoms with van der Waals surface area (Å²) in [7, 11) is 0. The molecule has 1 aromatic carbocycles. The van der Waals surface area contributed by atoms with Gasteiger partial charge >= 0.3 is 6.18 Å². The summed E-state index contributed by atoms with van der Waals surface area (Å²) >= 11 is 0. The van der Waals surface area contributed by atoms with Gasteiger partial charge in [-0.2, -0.15) is 13.2 Å². The zero-order valence-electron chi connectivity index (χ0n) is 13.1. The first-order valence-electron chi connectivity index (χ1n) is 7.94. The summed E-state index contributed by atoms with van der Waals surface area (Å²) in [6, 6.07) is 7.72. The Morgan fingerprint density at radius 3 is 2.70 bits per heavy atom. The number of fused-ring (bicyclic) bond motifs is 1. The highest BCUT2D eigenvalue weighted by molar-refractivity contribution is 5.78. The van der Waals surface area contributed by atoms with Crippen molar-refractivity contribution in [3.05, 3.63) is 35.4 Å². The average molecular weight is 326 g/mol. The Morgan fingerprint density at radius 2 is 2.04 bits per heavy atom. The highest BCUT2D eigenvalue weighted by atomic mass is 19.4. The monoisotopic (exact) mass is 326 g/mol. The minimum atomic E-state index is -4.21. The minimum absolute atomic E-state index is 0.0368. The number of benzene rings is 1. The molecular formula is C17H21F3N2O. The fourth-order valence-corrected chi connectivity index (χ4v) is 3.80. The van der Waals surface area contributed by atoms with E-state index in [2.05, 4.69) is 10.6 Å². The molecule has 1 saturated heterocycles. The number of carbonyl (C=O) groups excluding carboxylic acids is 1. The molecule has 2 atom stereocenters. The number of carbonyl (C=O) groups is 1. The van der Waals surface area contributed by atoms with Crippen molar-refractivity contribution in [2.45, 2.75) is 32.4 Å².